The van der Waals surface area contributed by atoms with Gasteiger partial charge in [-0.3, -0.25) is 9.97 Å². The zero-order chi connectivity index (χ0) is 23.1. The summed E-state index contributed by atoms with van der Waals surface area (Å²) >= 11 is 6.41. The van der Waals surface area contributed by atoms with Gasteiger partial charge in [0.15, 0.2) is 0 Å². The minimum atomic E-state index is -0.204. The van der Waals surface area contributed by atoms with Crippen LogP contribution in [0.25, 0.3) is 21.8 Å². The highest BCUT2D eigenvalue weighted by molar-refractivity contribution is 6.35. The van der Waals surface area contributed by atoms with E-state index in [2.05, 4.69) is 37.0 Å². The number of fused-ring (bicyclic) bond motifs is 2. The number of hydrogen-bond donors (Lipinski definition) is 0. The van der Waals surface area contributed by atoms with Gasteiger partial charge in [-0.25, -0.2) is 14.4 Å². The molecule has 0 saturated carbocycles. The molecule has 174 valence electrons. The lowest BCUT2D eigenvalue weighted by Gasteiger charge is -2.44. The van der Waals surface area contributed by atoms with E-state index >= 15 is 0 Å². The molecule has 0 bridgehead atoms. The SMILES string of the molecule is Fc1cc(N2CCN(N3CCC(c4ccc(Cl)c5cccnc45)CC3)CC2)c2ncccc2c1. The summed E-state index contributed by atoms with van der Waals surface area (Å²) in [6.07, 6.45) is 5.84. The smallest absolute Gasteiger partial charge is 0.126 e. The van der Waals surface area contributed by atoms with Gasteiger partial charge in [-0.05, 0) is 60.7 Å². The Morgan fingerprint density at radius 2 is 1.50 bits per heavy atom. The van der Waals surface area contributed by atoms with Crippen LogP contribution >= 0.6 is 11.6 Å². The van der Waals surface area contributed by atoms with Crippen LogP contribution in [-0.4, -0.2) is 59.3 Å². The third-order valence-electron chi connectivity index (χ3n) is 7.31. The van der Waals surface area contributed by atoms with Crippen LogP contribution in [0.15, 0.2) is 60.9 Å². The van der Waals surface area contributed by atoms with Crippen molar-refractivity contribution in [3.63, 3.8) is 0 Å². The molecule has 0 spiro atoms. The van der Waals surface area contributed by atoms with E-state index in [0.717, 1.165) is 84.6 Å². The third-order valence-corrected chi connectivity index (χ3v) is 7.63. The first-order chi connectivity index (χ1) is 16.7. The van der Waals surface area contributed by atoms with E-state index in [9.17, 15) is 4.39 Å². The van der Waals surface area contributed by atoms with Crippen LogP contribution in [0.2, 0.25) is 5.02 Å². The molecule has 0 atom stereocenters. The number of benzene rings is 2. The molecule has 7 heteroatoms. The molecular formula is C27H27ClFN5. The van der Waals surface area contributed by atoms with E-state index in [1.54, 1.807) is 18.3 Å². The molecule has 0 N–H and O–H groups in total. The number of anilines is 1. The van der Waals surface area contributed by atoms with Gasteiger partial charge in [0.2, 0.25) is 0 Å². The first-order valence-corrected chi connectivity index (χ1v) is 12.4. The van der Waals surface area contributed by atoms with Gasteiger partial charge in [0.25, 0.3) is 0 Å². The van der Waals surface area contributed by atoms with E-state index < -0.39 is 0 Å². The number of halogens is 2. The Hall–Kier alpha value is -2.80. The Morgan fingerprint density at radius 1 is 0.794 bits per heavy atom. The van der Waals surface area contributed by atoms with Crippen LogP contribution in [0, 0.1) is 5.82 Å². The van der Waals surface area contributed by atoms with Crippen molar-refractivity contribution in [2.24, 2.45) is 0 Å². The Bertz CT molecular complexity index is 1330. The van der Waals surface area contributed by atoms with Crippen molar-refractivity contribution in [2.45, 2.75) is 18.8 Å². The van der Waals surface area contributed by atoms with Crippen LogP contribution in [0.5, 0.6) is 0 Å². The van der Waals surface area contributed by atoms with Crippen molar-refractivity contribution in [2.75, 3.05) is 44.2 Å². The summed E-state index contributed by atoms with van der Waals surface area (Å²) in [5, 5.41) is 7.63. The van der Waals surface area contributed by atoms with Gasteiger partial charge in [0, 0.05) is 67.5 Å². The molecule has 2 saturated heterocycles. The summed E-state index contributed by atoms with van der Waals surface area (Å²) in [7, 11) is 0. The third kappa shape index (κ3) is 4.00. The van der Waals surface area contributed by atoms with Crippen LogP contribution in [0.4, 0.5) is 10.1 Å². The number of rotatable bonds is 3. The molecule has 0 unspecified atom stereocenters. The first kappa shape index (κ1) is 21.7. The fourth-order valence-electron chi connectivity index (χ4n) is 5.55. The monoisotopic (exact) mass is 475 g/mol. The number of nitrogens with zero attached hydrogens (tertiary/aromatic N) is 5. The molecule has 4 aromatic rings. The second-order valence-corrected chi connectivity index (χ2v) is 9.61. The molecule has 6 rings (SSSR count). The average Bonchev–Trinajstić information content (AvgIpc) is 2.89. The standard InChI is InChI=1S/C27H27ClFN5/c28-24-6-5-22(27-23(24)4-2-10-31-27)19-7-11-33(12-8-19)34-15-13-32(14-16-34)25-18-21(29)17-20-3-1-9-30-26(20)25/h1-6,9-10,17-19H,7-8,11-16H2. The maximum absolute atomic E-state index is 14.2. The van der Waals surface area contributed by atoms with E-state index in [1.807, 2.05) is 30.5 Å². The maximum Gasteiger partial charge on any atom is 0.126 e. The first-order valence-electron chi connectivity index (χ1n) is 12.0. The van der Waals surface area contributed by atoms with E-state index in [1.165, 1.54) is 5.56 Å². The van der Waals surface area contributed by atoms with Crippen molar-refractivity contribution in [1.29, 1.82) is 0 Å². The molecule has 5 nitrogen and oxygen atoms in total. The van der Waals surface area contributed by atoms with Gasteiger partial charge in [-0.15, -0.1) is 0 Å². The van der Waals surface area contributed by atoms with Gasteiger partial charge in [-0.2, -0.15) is 0 Å². The number of piperidine rings is 1. The van der Waals surface area contributed by atoms with Gasteiger partial charge < -0.3 is 4.90 Å². The molecule has 2 fully saturated rings. The number of hydrogen-bond acceptors (Lipinski definition) is 5. The highest BCUT2D eigenvalue weighted by Gasteiger charge is 2.29. The zero-order valence-electron chi connectivity index (χ0n) is 19.0. The highest BCUT2D eigenvalue weighted by Crippen LogP contribution is 2.35. The summed E-state index contributed by atoms with van der Waals surface area (Å²) in [6, 6.07) is 15.1. The van der Waals surface area contributed by atoms with Crippen LogP contribution in [-0.2, 0) is 0 Å². The second-order valence-electron chi connectivity index (χ2n) is 9.20. The van der Waals surface area contributed by atoms with Crippen molar-refractivity contribution in [1.82, 2.24) is 20.0 Å². The predicted octanol–water partition coefficient (Wildman–Crippen LogP) is 5.49. The average molecular weight is 476 g/mol. The van der Waals surface area contributed by atoms with Crippen LogP contribution < -0.4 is 4.90 Å². The van der Waals surface area contributed by atoms with Crippen LogP contribution in [0.1, 0.15) is 24.3 Å². The number of aromatic nitrogens is 2. The molecule has 0 amide bonds. The van der Waals surface area contributed by atoms with Gasteiger partial charge in [0.1, 0.15) is 5.82 Å². The summed E-state index contributed by atoms with van der Waals surface area (Å²) in [4.78, 5) is 11.4. The lowest BCUT2D eigenvalue weighted by Crippen LogP contribution is -2.55. The van der Waals surface area contributed by atoms with Crippen molar-refractivity contribution in [3.05, 3.63) is 77.3 Å². The molecule has 0 aliphatic carbocycles. The molecule has 0 radical (unpaired) electrons. The lowest BCUT2D eigenvalue weighted by atomic mass is 9.88. The predicted molar refractivity (Wildman–Crippen MR) is 136 cm³/mol. The van der Waals surface area contributed by atoms with E-state index in [-0.39, 0.29) is 5.82 Å². The van der Waals surface area contributed by atoms with Crippen LogP contribution in [0.3, 0.4) is 0 Å². The summed E-state index contributed by atoms with van der Waals surface area (Å²) < 4.78 is 14.2. The van der Waals surface area contributed by atoms with Crippen molar-refractivity contribution < 1.29 is 4.39 Å². The Labute approximate surface area is 203 Å². The largest absolute Gasteiger partial charge is 0.367 e. The molecule has 2 aromatic heterocycles. The number of piperazine rings is 1. The Kier molecular flexibility index (Phi) is 5.81. The lowest BCUT2D eigenvalue weighted by molar-refractivity contribution is -0.0463. The zero-order valence-corrected chi connectivity index (χ0v) is 19.8. The minimum Gasteiger partial charge on any atom is -0.367 e. The molecule has 2 aromatic carbocycles. The van der Waals surface area contributed by atoms with Gasteiger partial charge in [0.05, 0.1) is 16.7 Å². The second kappa shape index (κ2) is 9.10. The normalized spacial score (nSPS) is 18.7. The topological polar surface area (TPSA) is 35.5 Å². The minimum absolute atomic E-state index is 0.204. The molecule has 2 aliphatic heterocycles. The highest BCUT2D eigenvalue weighted by atomic mass is 35.5. The number of hydrazine groups is 1. The van der Waals surface area contributed by atoms with E-state index in [0.29, 0.717) is 5.92 Å². The Balaban J connectivity index is 1.12. The number of pyridine rings is 2. The summed E-state index contributed by atoms with van der Waals surface area (Å²) in [5.74, 6) is 0.293. The van der Waals surface area contributed by atoms with E-state index in [4.69, 9.17) is 11.6 Å². The van der Waals surface area contributed by atoms with Gasteiger partial charge >= 0.3 is 0 Å². The molecule has 2 aliphatic rings. The maximum atomic E-state index is 14.2. The fourth-order valence-corrected chi connectivity index (χ4v) is 5.76. The summed E-state index contributed by atoms with van der Waals surface area (Å²) in [6.45, 7) is 5.65. The molecule has 4 heterocycles. The molecular weight excluding hydrogens is 449 g/mol. The van der Waals surface area contributed by atoms with Crippen molar-refractivity contribution in [3.8, 4) is 0 Å². The van der Waals surface area contributed by atoms with Gasteiger partial charge in [-0.1, -0.05) is 23.7 Å². The summed E-state index contributed by atoms with van der Waals surface area (Å²) in [5.41, 5.74) is 4.13. The van der Waals surface area contributed by atoms with Crippen molar-refractivity contribution >= 4 is 39.1 Å². The fraction of sp³-hybridized carbons (Fsp3) is 0.333. The quantitative estimate of drug-likeness (QED) is 0.391. The molecule has 34 heavy (non-hydrogen) atoms. The Morgan fingerprint density at radius 3 is 2.29 bits per heavy atom.